The van der Waals surface area contributed by atoms with Gasteiger partial charge in [-0.25, -0.2) is 9.97 Å². The number of aryl methyl sites for hydroxylation is 1. The van der Waals surface area contributed by atoms with Crippen LogP contribution in [-0.2, 0) is 12.8 Å². The van der Waals surface area contributed by atoms with Gasteiger partial charge in [0.2, 0.25) is 5.13 Å². The molecule has 0 amide bonds. The molecule has 148 valence electrons. The lowest BCUT2D eigenvalue weighted by Crippen LogP contribution is -2.52. The topological polar surface area (TPSA) is 85.3 Å². The molecule has 9 heteroatoms. The molecule has 0 unspecified atom stereocenters. The van der Waals surface area contributed by atoms with Gasteiger partial charge < -0.3 is 20.1 Å². The number of aromatic nitrogens is 4. The zero-order valence-electron chi connectivity index (χ0n) is 16.4. The number of nitrogens with one attached hydrogen (secondary N) is 2. The molecule has 8 nitrogen and oxygen atoms in total. The predicted octanol–water partition coefficient (Wildman–Crippen LogP) is 1.92. The van der Waals surface area contributed by atoms with Crippen molar-refractivity contribution < 1.29 is 0 Å². The number of guanidine groups is 1. The molecular formula is C19H26N8S. The maximum Gasteiger partial charge on any atom is 0.205 e. The van der Waals surface area contributed by atoms with E-state index in [1.165, 1.54) is 22.5 Å². The molecule has 28 heavy (non-hydrogen) atoms. The van der Waals surface area contributed by atoms with Crippen molar-refractivity contribution in [3.05, 3.63) is 35.9 Å². The summed E-state index contributed by atoms with van der Waals surface area (Å²) in [6.45, 7) is 6.66. The van der Waals surface area contributed by atoms with E-state index in [1.807, 2.05) is 25.5 Å². The highest BCUT2D eigenvalue weighted by molar-refractivity contribution is 7.09. The van der Waals surface area contributed by atoms with Crippen LogP contribution in [0.3, 0.4) is 0 Å². The van der Waals surface area contributed by atoms with Crippen molar-refractivity contribution in [1.82, 2.24) is 29.5 Å². The molecule has 4 heterocycles. The van der Waals surface area contributed by atoms with Crippen LogP contribution in [0.4, 0.5) is 5.13 Å². The SMILES string of the molecule is CCc1nsc(N2CCN(C(=NC)NCCc3c[nH]c4ncccc34)CC2)n1. The number of rotatable bonds is 5. The molecule has 1 saturated heterocycles. The van der Waals surface area contributed by atoms with E-state index in [1.54, 1.807) is 0 Å². The first kappa shape index (κ1) is 18.7. The number of anilines is 1. The molecule has 2 N–H and O–H groups in total. The van der Waals surface area contributed by atoms with Gasteiger partial charge in [-0.05, 0) is 24.1 Å². The molecule has 1 aliphatic rings. The normalized spacial score (nSPS) is 15.4. The van der Waals surface area contributed by atoms with Crippen LogP contribution >= 0.6 is 11.5 Å². The van der Waals surface area contributed by atoms with Gasteiger partial charge >= 0.3 is 0 Å². The average molecular weight is 399 g/mol. The number of hydrogen-bond donors (Lipinski definition) is 2. The van der Waals surface area contributed by atoms with Gasteiger partial charge in [0.15, 0.2) is 5.96 Å². The van der Waals surface area contributed by atoms with Gasteiger partial charge in [0.25, 0.3) is 0 Å². The zero-order valence-corrected chi connectivity index (χ0v) is 17.2. The average Bonchev–Trinajstić information content (AvgIpc) is 3.39. The van der Waals surface area contributed by atoms with E-state index in [4.69, 9.17) is 0 Å². The Hall–Kier alpha value is -2.68. The first-order valence-electron chi connectivity index (χ1n) is 9.72. The maximum atomic E-state index is 4.61. The number of fused-ring (bicyclic) bond motifs is 1. The molecule has 3 aromatic heterocycles. The van der Waals surface area contributed by atoms with Crippen molar-refractivity contribution in [1.29, 1.82) is 0 Å². The lowest BCUT2D eigenvalue weighted by atomic mass is 10.1. The lowest BCUT2D eigenvalue weighted by Gasteiger charge is -2.36. The fraction of sp³-hybridized carbons (Fsp3) is 0.474. The Morgan fingerprint density at radius 1 is 1.32 bits per heavy atom. The second kappa shape index (κ2) is 8.55. The predicted molar refractivity (Wildman–Crippen MR) is 114 cm³/mol. The molecule has 0 aromatic carbocycles. The summed E-state index contributed by atoms with van der Waals surface area (Å²) in [6, 6.07) is 4.09. The molecule has 0 radical (unpaired) electrons. The van der Waals surface area contributed by atoms with Crippen molar-refractivity contribution in [3.8, 4) is 0 Å². The highest BCUT2D eigenvalue weighted by Crippen LogP contribution is 2.19. The molecule has 4 rings (SSSR count). The van der Waals surface area contributed by atoms with Crippen molar-refractivity contribution in [3.63, 3.8) is 0 Å². The minimum atomic E-state index is 0.838. The van der Waals surface area contributed by atoms with Gasteiger partial charge in [-0.3, -0.25) is 4.99 Å². The van der Waals surface area contributed by atoms with E-state index in [0.717, 1.165) is 68.1 Å². The van der Waals surface area contributed by atoms with Gasteiger partial charge in [-0.2, -0.15) is 4.37 Å². The summed E-state index contributed by atoms with van der Waals surface area (Å²) in [4.78, 5) is 21.3. The Labute approximate surface area is 168 Å². The van der Waals surface area contributed by atoms with E-state index >= 15 is 0 Å². The Morgan fingerprint density at radius 2 is 2.18 bits per heavy atom. The Balaban J connectivity index is 1.29. The van der Waals surface area contributed by atoms with Crippen LogP contribution < -0.4 is 10.2 Å². The minimum Gasteiger partial charge on any atom is -0.356 e. The van der Waals surface area contributed by atoms with E-state index in [0.29, 0.717) is 0 Å². The largest absolute Gasteiger partial charge is 0.356 e. The molecule has 0 atom stereocenters. The number of piperazine rings is 1. The molecule has 0 bridgehead atoms. The summed E-state index contributed by atoms with van der Waals surface area (Å²) in [6.07, 6.45) is 5.68. The maximum absolute atomic E-state index is 4.61. The standard InChI is InChI=1S/C19H26N8S/c1-3-16-24-19(28-25-16)27-11-9-26(10-12-27)18(20-2)22-8-6-14-13-23-17-15(14)5-4-7-21-17/h4-5,7,13H,3,6,8-12H2,1-2H3,(H,20,22)(H,21,23). The third-order valence-corrected chi connectivity index (χ3v) is 5.86. The summed E-state index contributed by atoms with van der Waals surface area (Å²) >= 11 is 1.50. The smallest absolute Gasteiger partial charge is 0.205 e. The van der Waals surface area contributed by atoms with Gasteiger partial charge in [-0.15, -0.1) is 0 Å². The zero-order chi connectivity index (χ0) is 19.3. The summed E-state index contributed by atoms with van der Waals surface area (Å²) in [5.74, 6) is 1.90. The fourth-order valence-electron chi connectivity index (χ4n) is 3.49. The third-order valence-electron chi connectivity index (χ3n) is 5.05. The lowest BCUT2D eigenvalue weighted by molar-refractivity contribution is 0.372. The quantitative estimate of drug-likeness (QED) is 0.505. The van der Waals surface area contributed by atoms with Crippen LogP contribution in [0.2, 0.25) is 0 Å². The van der Waals surface area contributed by atoms with Crippen molar-refractivity contribution in [2.45, 2.75) is 19.8 Å². The van der Waals surface area contributed by atoms with Crippen LogP contribution in [0.15, 0.2) is 29.5 Å². The number of nitrogens with zero attached hydrogens (tertiary/aromatic N) is 6. The Morgan fingerprint density at radius 3 is 2.93 bits per heavy atom. The number of hydrogen-bond acceptors (Lipinski definition) is 6. The highest BCUT2D eigenvalue weighted by Gasteiger charge is 2.22. The van der Waals surface area contributed by atoms with E-state index in [9.17, 15) is 0 Å². The van der Waals surface area contributed by atoms with Crippen LogP contribution in [0.5, 0.6) is 0 Å². The highest BCUT2D eigenvalue weighted by atomic mass is 32.1. The number of pyridine rings is 1. The van der Waals surface area contributed by atoms with Crippen LogP contribution in [0.25, 0.3) is 11.0 Å². The molecule has 1 aliphatic heterocycles. The second-order valence-corrected chi connectivity index (χ2v) is 7.49. The van der Waals surface area contributed by atoms with Gasteiger partial charge in [0.1, 0.15) is 11.5 Å². The summed E-state index contributed by atoms with van der Waals surface area (Å²) in [5, 5.41) is 5.73. The summed E-state index contributed by atoms with van der Waals surface area (Å²) < 4.78 is 4.40. The number of aliphatic imine (C=N–C) groups is 1. The molecule has 0 spiro atoms. The van der Waals surface area contributed by atoms with Crippen LogP contribution in [0, 0.1) is 0 Å². The van der Waals surface area contributed by atoms with E-state index in [-0.39, 0.29) is 0 Å². The Kier molecular flexibility index (Phi) is 5.70. The monoisotopic (exact) mass is 398 g/mol. The van der Waals surface area contributed by atoms with E-state index < -0.39 is 0 Å². The van der Waals surface area contributed by atoms with Gasteiger partial charge in [0.05, 0.1) is 0 Å². The molecule has 3 aromatic rings. The van der Waals surface area contributed by atoms with Crippen molar-refractivity contribution in [2.24, 2.45) is 4.99 Å². The minimum absolute atomic E-state index is 0.838. The molecule has 1 fully saturated rings. The Bertz CT molecular complexity index is 938. The second-order valence-electron chi connectivity index (χ2n) is 6.76. The van der Waals surface area contributed by atoms with E-state index in [2.05, 4.69) is 52.4 Å². The first-order valence-corrected chi connectivity index (χ1v) is 10.5. The van der Waals surface area contributed by atoms with Crippen LogP contribution in [-0.4, -0.2) is 70.0 Å². The molecule has 0 aliphatic carbocycles. The van der Waals surface area contributed by atoms with Crippen molar-refractivity contribution in [2.75, 3.05) is 44.7 Å². The van der Waals surface area contributed by atoms with Gasteiger partial charge in [0, 0.05) is 75.5 Å². The van der Waals surface area contributed by atoms with Crippen LogP contribution in [0.1, 0.15) is 18.3 Å². The summed E-state index contributed by atoms with van der Waals surface area (Å²) in [5.41, 5.74) is 2.22. The third kappa shape index (κ3) is 3.94. The molecule has 0 saturated carbocycles. The van der Waals surface area contributed by atoms with Crippen molar-refractivity contribution >= 4 is 33.7 Å². The molecular weight excluding hydrogens is 372 g/mol. The van der Waals surface area contributed by atoms with Gasteiger partial charge in [-0.1, -0.05) is 6.92 Å². The fourth-order valence-corrected chi connectivity index (χ4v) is 4.29. The number of H-pyrrole nitrogens is 1. The number of aromatic amines is 1. The first-order chi connectivity index (χ1) is 13.8. The summed E-state index contributed by atoms with van der Waals surface area (Å²) in [7, 11) is 1.85.